The van der Waals surface area contributed by atoms with E-state index < -0.39 is 5.09 Å². The van der Waals surface area contributed by atoms with Crippen molar-refractivity contribution in [2.75, 3.05) is 13.2 Å². The number of rotatable bonds is 7. The lowest BCUT2D eigenvalue weighted by atomic mass is 10.1. The Morgan fingerprint density at radius 2 is 1.77 bits per heavy atom. The van der Waals surface area contributed by atoms with Gasteiger partial charge in [0.1, 0.15) is 24.7 Å². The standard InChI is InChI=1S/C20H17Cl3N2O2.HNO3/c1-14(25-9-8-24-13-25)20(18-7-4-16(22)12-19(18)23)27-11-10-26-17-5-2-15(21)3-6-17;2-1(3)4/h2-9,12-13H,10-11H2,1H3;(H,2,3,4). The van der Waals surface area contributed by atoms with Gasteiger partial charge in [0.25, 0.3) is 5.09 Å². The third kappa shape index (κ3) is 8.01. The van der Waals surface area contributed by atoms with Crippen molar-refractivity contribution in [1.29, 1.82) is 0 Å². The Morgan fingerprint density at radius 3 is 2.35 bits per heavy atom. The minimum absolute atomic E-state index is 0.336. The minimum atomic E-state index is -1.50. The third-order valence-electron chi connectivity index (χ3n) is 3.81. The van der Waals surface area contributed by atoms with Crippen LogP contribution < -0.4 is 4.74 Å². The fourth-order valence-corrected chi connectivity index (χ4v) is 3.08. The van der Waals surface area contributed by atoms with Crippen LogP contribution in [0.4, 0.5) is 0 Å². The molecule has 0 saturated heterocycles. The molecule has 11 heteroatoms. The Morgan fingerprint density at radius 1 is 1.13 bits per heavy atom. The molecule has 0 unspecified atom stereocenters. The van der Waals surface area contributed by atoms with Gasteiger partial charge in [-0.15, -0.1) is 10.1 Å². The molecule has 3 aromatic rings. The lowest BCUT2D eigenvalue weighted by Gasteiger charge is -2.17. The molecule has 8 nitrogen and oxygen atoms in total. The summed E-state index contributed by atoms with van der Waals surface area (Å²) in [6.07, 6.45) is 5.24. The van der Waals surface area contributed by atoms with Gasteiger partial charge in [-0.25, -0.2) is 4.98 Å². The second-order valence-electron chi connectivity index (χ2n) is 5.90. The van der Waals surface area contributed by atoms with Crippen molar-refractivity contribution in [2.45, 2.75) is 6.92 Å². The van der Waals surface area contributed by atoms with Crippen LogP contribution in [-0.4, -0.2) is 33.1 Å². The van der Waals surface area contributed by atoms with E-state index in [1.807, 2.05) is 35.9 Å². The molecule has 0 bridgehead atoms. The van der Waals surface area contributed by atoms with Gasteiger partial charge in [0.05, 0.1) is 17.0 Å². The van der Waals surface area contributed by atoms with E-state index in [-0.39, 0.29) is 0 Å². The van der Waals surface area contributed by atoms with Gasteiger partial charge in [-0.1, -0.05) is 34.8 Å². The molecule has 0 fully saturated rings. The topological polar surface area (TPSA) is 99.7 Å². The number of imidazole rings is 1. The SMILES string of the molecule is CC(=C(OCCOc1ccc(Cl)cc1)c1ccc(Cl)cc1Cl)n1ccnc1.O=[N+]([O-])O. The van der Waals surface area contributed by atoms with Crippen LogP contribution >= 0.6 is 34.8 Å². The van der Waals surface area contributed by atoms with Gasteiger partial charge in [0.15, 0.2) is 0 Å². The van der Waals surface area contributed by atoms with E-state index in [1.54, 1.807) is 36.8 Å². The van der Waals surface area contributed by atoms with Crippen LogP contribution in [0.3, 0.4) is 0 Å². The molecule has 0 aliphatic carbocycles. The maximum absolute atomic E-state index is 8.36. The van der Waals surface area contributed by atoms with Crippen molar-refractivity contribution < 1.29 is 19.8 Å². The van der Waals surface area contributed by atoms with Crippen molar-refractivity contribution in [3.63, 3.8) is 0 Å². The zero-order chi connectivity index (χ0) is 22.8. The molecular formula is C20H18Cl3N3O5. The van der Waals surface area contributed by atoms with Crippen molar-refractivity contribution in [3.05, 3.63) is 91.9 Å². The molecule has 0 aliphatic rings. The molecule has 0 atom stereocenters. The molecule has 0 aliphatic heterocycles. The Bertz CT molecular complexity index is 1020. The number of allylic oxidation sites excluding steroid dienone is 1. The Hall–Kier alpha value is -2.94. The highest BCUT2D eigenvalue weighted by Crippen LogP contribution is 2.31. The van der Waals surface area contributed by atoms with Crippen molar-refractivity contribution in [2.24, 2.45) is 0 Å². The van der Waals surface area contributed by atoms with E-state index in [9.17, 15) is 0 Å². The molecule has 1 aromatic heterocycles. The van der Waals surface area contributed by atoms with Gasteiger partial charge in [0.2, 0.25) is 0 Å². The van der Waals surface area contributed by atoms with Crippen molar-refractivity contribution >= 4 is 46.3 Å². The molecule has 0 amide bonds. The van der Waals surface area contributed by atoms with Crippen molar-refractivity contribution in [3.8, 4) is 5.75 Å². The summed E-state index contributed by atoms with van der Waals surface area (Å²) in [5, 5.41) is 15.4. The largest absolute Gasteiger partial charge is 0.490 e. The monoisotopic (exact) mass is 485 g/mol. The summed E-state index contributed by atoms with van der Waals surface area (Å²) in [4.78, 5) is 12.4. The lowest BCUT2D eigenvalue weighted by molar-refractivity contribution is -0.742. The second kappa shape index (κ2) is 12.0. The molecule has 164 valence electrons. The maximum Gasteiger partial charge on any atom is 0.291 e. The number of nitrogens with zero attached hydrogens (tertiary/aromatic N) is 3. The molecular weight excluding hydrogens is 469 g/mol. The summed E-state index contributed by atoms with van der Waals surface area (Å²) >= 11 is 18.3. The first-order chi connectivity index (χ1) is 14.8. The van der Waals surface area contributed by atoms with Crippen LogP contribution in [0.25, 0.3) is 11.5 Å². The van der Waals surface area contributed by atoms with Crippen LogP contribution in [0.5, 0.6) is 5.75 Å². The third-order valence-corrected chi connectivity index (χ3v) is 4.61. The first kappa shape index (κ1) is 24.3. The molecule has 3 rings (SSSR count). The maximum atomic E-state index is 8.36. The van der Waals surface area contributed by atoms with Gasteiger partial charge in [-0.3, -0.25) is 0 Å². The smallest absolute Gasteiger partial charge is 0.291 e. The predicted octanol–water partition coefficient (Wildman–Crippen LogP) is 5.94. The summed E-state index contributed by atoms with van der Waals surface area (Å²) < 4.78 is 13.6. The van der Waals surface area contributed by atoms with Crippen molar-refractivity contribution in [1.82, 2.24) is 9.55 Å². The Balaban J connectivity index is 0.000000785. The molecule has 1 heterocycles. The van der Waals surface area contributed by atoms with Crippen LogP contribution in [0, 0.1) is 10.1 Å². The number of hydrogen-bond donors (Lipinski definition) is 1. The Kier molecular flexibility index (Phi) is 9.45. The van der Waals surface area contributed by atoms with E-state index in [2.05, 4.69) is 4.98 Å². The van der Waals surface area contributed by atoms with Crippen LogP contribution in [0.2, 0.25) is 15.1 Å². The number of benzene rings is 2. The number of halogens is 3. The fourth-order valence-electron chi connectivity index (χ4n) is 2.46. The van der Waals surface area contributed by atoms with Gasteiger partial charge >= 0.3 is 0 Å². The van der Waals surface area contributed by atoms with Gasteiger partial charge in [0, 0.05) is 28.0 Å². The molecule has 1 N–H and O–H groups in total. The quantitative estimate of drug-likeness (QED) is 0.192. The zero-order valence-corrected chi connectivity index (χ0v) is 18.5. The molecule has 31 heavy (non-hydrogen) atoms. The van der Waals surface area contributed by atoms with Crippen LogP contribution in [-0.2, 0) is 4.74 Å². The summed E-state index contributed by atoms with van der Waals surface area (Å²) in [6.45, 7) is 2.64. The zero-order valence-electron chi connectivity index (χ0n) is 16.2. The normalized spacial score (nSPS) is 11.1. The van der Waals surface area contributed by atoms with Crippen LogP contribution in [0.1, 0.15) is 12.5 Å². The summed E-state index contributed by atoms with van der Waals surface area (Å²) in [5.74, 6) is 1.36. The highest BCUT2D eigenvalue weighted by molar-refractivity contribution is 6.35. The van der Waals surface area contributed by atoms with Gasteiger partial charge in [-0.05, 0) is 49.4 Å². The number of hydrogen-bond acceptors (Lipinski definition) is 5. The van der Waals surface area contributed by atoms with E-state index in [0.717, 1.165) is 17.0 Å². The van der Waals surface area contributed by atoms with Gasteiger partial charge < -0.3 is 19.2 Å². The van der Waals surface area contributed by atoms with E-state index in [4.69, 9.17) is 59.6 Å². The molecule has 2 aromatic carbocycles. The number of aromatic nitrogens is 2. The summed E-state index contributed by atoms with van der Waals surface area (Å²) in [6, 6.07) is 12.5. The highest BCUT2D eigenvalue weighted by atomic mass is 35.5. The van der Waals surface area contributed by atoms with Gasteiger partial charge in [-0.2, -0.15) is 0 Å². The lowest BCUT2D eigenvalue weighted by Crippen LogP contribution is -2.08. The highest BCUT2D eigenvalue weighted by Gasteiger charge is 2.14. The average molecular weight is 487 g/mol. The average Bonchev–Trinajstić information content (AvgIpc) is 3.24. The first-order valence-corrected chi connectivity index (χ1v) is 9.90. The predicted molar refractivity (Wildman–Crippen MR) is 119 cm³/mol. The fraction of sp³-hybridized carbons (Fsp3) is 0.150. The summed E-state index contributed by atoms with van der Waals surface area (Å²) in [7, 11) is 0. The molecule has 0 spiro atoms. The molecule has 0 saturated carbocycles. The first-order valence-electron chi connectivity index (χ1n) is 8.77. The van der Waals surface area contributed by atoms with Crippen LogP contribution in [0.15, 0.2) is 61.2 Å². The summed E-state index contributed by atoms with van der Waals surface area (Å²) in [5.41, 5.74) is 1.60. The van der Waals surface area contributed by atoms with E-state index >= 15 is 0 Å². The second-order valence-corrected chi connectivity index (χ2v) is 7.18. The Labute approximate surface area is 193 Å². The van der Waals surface area contributed by atoms with E-state index in [0.29, 0.717) is 34.0 Å². The number of ether oxygens (including phenoxy) is 2. The molecule has 0 radical (unpaired) electrons. The van der Waals surface area contributed by atoms with E-state index in [1.165, 1.54) is 0 Å². The minimum Gasteiger partial charge on any atom is -0.490 e.